The van der Waals surface area contributed by atoms with E-state index < -0.39 is 0 Å². The first-order valence-corrected chi connectivity index (χ1v) is 7.61. The quantitative estimate of drug-likeness (QED) is 0.593. The number of aryl methyl sites for hydroxylation is 2. The Morgan fingerprint density at radius 3 is 2.75 bits per heavy atom. The normalized spacial score (nSPS) is 11.1. The highest BCUT2D eigenvalue weighted by molar-refractivity contribution is 6.06. The van der Waals surface area contributed by atoms with Gasteiger partial charge in [0.25, 0.3) is 11.9 Å². The lowest BCUT2D eigenvalue weighted by Crippen LogP contribution is -2.15. The molecule has 6 nitrogen and oxygen atoms in total. The molecule has 0 radical (unpaired) electrons. The topological polar surface area (TPSA) is 83.6 Å². The zero-order valence-corrected chi connectivity index (χ0v) is 13.3. The Morgan fingerprint density at radius 2 is 1.92 bits per heavy atom. The van der Waals surface area contributed by atoms with Crippen molar-refractivity contribution in [2.75, 3.05) is 5.32 Å². The molecule has 6 heteroatoms. The highest BCUT2D eigenvalue weighted by Crippen LogP contribution is 2.23. The van der Waals surface area contributed by atoms with Crippen LogP contribution in [0.1, 0.15) is 21.5 Å². The smallest absolute Gasteiger partial charge is 0.258 e. The molecule has 0 fully saturated rings. The molecule has 0 aliphatic carbocycles. The highest BCUT2D eigenvalue weighted by atomic mass is 16.1. The Morgan fingerprint density at radius 1 is 1.08 bits per heavy atom. The van der Waals surface area contributed by atoms with E-state index in [4.69, 9.17) is 0 Å². The van der Waals surface area contributed by atoms with E-state index >= 15 is 0 Å². The molecule has 24 heavy (non-hydrogen) atoms. The summed E-state index contributed by atoms with van der Waals surface area (Å²) in [5.74, 6) is -0.0692. The van der Waals surface area contributed by atoms with E-state index in [1.807, 2.05) is 50.2 Å². The zero-order valence-electron chi connectivity index (χ0n) is 13.3. The van der Waals surface area contributed by atoms with Crippen LogP contribution in [0.3, 0.4) is 0 Å². The Labute approximate surface area is 137 Å². The van der Waals surface area contributed by atoms with E-state index in [0.717, 1.165) is 22.0 Å². The zero-order chi connectivity index (χ0) is 16.7. The average molecular weight is 317 g/mol. The summed E-state index contributed by atoms with van der Waals surface area (Å²) in [6.07, 6.45) is 0. The second kappa shape index (κ2) is 5.42. The van der Waals surface area contributed by atoms with Crippen LogP contribution >= 0.6 is 0 Å². The van der Waals surface area contributed by atoms with Crippen molar-refractivity contribution < 1.29 is 4.79 Å². The van der Waals surface area contributed by atoms with Gasteiger partial charge in [-0.05, 0) is 37.6 Å². The SMILES string of the molecule is Cc1ccc2[nH]c3nc(NC(=O)c4ccccc4C)nnc3c2c1. The minimum absolute atomic E-state index is 0.180. The van der Waals surface area contributed by atoms with Crippen molar-refractivity contribution in [2.45, 2.75) is 13.8 Å². The van der Waals surface area contributed by atoms with E-state index in [9.17, 15) is 4.79 Å². The van der Waals surface area contributed by atoms with E-state index in [0.29, 0.717) is 16.7 Å². The van der Waals surface area contributed by atoms with Crippen LogP contribution in [-0.2, 0) is 0 Å². The Hall–Kier alpha value is -3.28. The van der Waals surface area contributed by atoms with E-state index in [1.54, 1.807) is 6.07 Å². The van der Waals surface area contributed by atoms with Gasteiger partial charge in [0.15, 0.2) is 5.65 Å². The number of carbonyl (C=O) groups is 1. The molecule has 0 atom stereocenters. The number of fused-ring (bicyclic) bond motifs is 3. The summed E-state index contributed by atoms with van der Waals surface area (Å²) in [6.45, 7) is 3.91. The molecule has 118 valence electrons. The molecular weight excluding hydrogens is 302 g/mol. The number of rotatable bonds is 2. The van der Waals surface area contributed by atoms with Gasteiger partial charge in [-0.1, -0.05) is 29.8 Å². The van der Waals surface area contributed by atoms with Crippen molar-refractivity contribution in [2.24, 2.45) is 0 Å². The summed E-state index contributed by atoms with van der Waals surface area (Å²) in [5.41, 5.74) is 4.87. The first kappa shape index (κ1) is 14.3. The standard InChI is InChI=1S/C18H15N5O/c1-10-7-8-14-13(9-10)15-16(19-14)20-18(23-22-15)21-17(24)12-6-4-3-5-11(12)2/h3-9H,1-2H3,(H2,19,20,21,23,24). The lowest BCUT2D eigenvalue weighted by atomic mass is 10.1. The van der Waals surface area contributed by atoms with E-state index in [2.05, 4.69) is 25.5 Å². The molecular formula is C18H15N5O. The van der Waals surface area contributed by atoms with Crippen LogP contribution in [0, 0.1) is 13.8 Å². The fourth-order valence-corrected chi connectivity index (χ4v) is 2.73. The molecule has 0 bridgehead atoms. The Balaban J connectivity index is 1.72. The molecule has 0 saturated carbocycles. The van der Waals surface area contributed by atoms with Gasteiger partial charge in [-0.25, -0.2) is 0 Å². The van der Waals surface area contributed by atoms with Gasteiger partial charge in [0.2, 0.25) is 0 Å². The van der Waals surface area contributed by atoms with Crippen molar-refractivity contribution in [3.8, 4) is 0 Å². The number of aromatic amines is 1. The summed E-state index contributed by atoms with van der Waals surface area (Å²) in [6, 6.07) is 13.4. The van der Waals surface area contributed by atoms with E-state index in [1.165, 1.54) is 0 Å². The Bertz CT molecular complexity index is 1080. The first-order valence-electron chi connectivity index (χ1n) is 7.61. The number of hydrogen-bond acceptors (Lipinski definition) is 4. The van der Waals surface area contributed by atoms with Crippen LogP contribution in [0.5, 0.6) is 0 Å². The predicted octanol–water partition coefficient (Wildman–Crippen LogP) is 3.38. The lowest BCUT2D eigenvalue weighted by molar-refractivity contribution is 0.102. The lowest BCUT2D eigenvalue weighted by Gasteiger charge is -2.05. The number of nitrogens with zero attached hydrogens (tertiary/aromatic N) is 3. The molecule has 2 aromatic heterocycles. The van der Waals surface area contributed by atoms with Gasteiger partial charge in [0, 0.05) is 16.5 Å². The van der Waals surface area contributed by atoms with Gasteiger partial charge in [-0.2, -0.15) is 4.98 Å². The molecule has 2 aromatic carbocycles. The molecule has 1 amide bonds. The minimum atomic E-state index is -0.249. The van der Waals surface area contributed by atoms with Crippen molar-refractivity contribution in [3.63, 3.8) is 0 Å². The molecule has 0 unspecified atom stereocenters. The number of carbonyl (C=O) groups excluding carboxylic acids is 1. The first-order chi connectivity index (χ1) is 11.6. The van der Waals surface area contributed by atoms with Crippen LogP contribution in [-0.4, -0.2) is 26.1 Å². The number of amides is 1. The summed E-state index contributed by atoms with van der Waals surface area (Å²) < 4.78 is 0. The van der Waals surface area contributed by atoms with Crippen molar-refractivity contribution in [1.29, 1.82) is 0 Å². The maximum absolute atomic E-state index is 12.4. The number of hydrogen-bond donors (Lipinski definition) is 2. The van der Waals surface area contributed by atoms with Crippen molar-refractivity contribution in [1.82, 2.24) is 20.2 Å². The van der Waals surface area contributed by atoms with Crippen molar-refractivity contribution in [3.05, 3.63) is 59.2 Å². The number of aromatic nitrogens is 4. The molecule has 4 rings (SSSR count). The number of H-pyrrole nitrogens is 1. The van der Waals surface area contributed by atoms with Gasteiger partial charge in [-0.3, -0.25) is 10.1 Å². The number of benzene rings is 2. The summed E-state index contributed by atoms with van der Waals surface area (Å²) >= 11 is 0. The maximum Gasteiger partial charge on any atom is 0.258 e. The van der Waals surface area contributed by atoms with Crippen LogP contribution in [0.15, 0.2) is 42.5 Å². The van der Waals surface area contributed by atoms with Gasteiger partial charge in [0.1, 0.15) is 5.52 Å². The van der Waals surface area contributed by atoms with Gasteiger partial charge in [-0.15, -0.1) is 10.2 Å². The molecule has 0 aliphatic rings. The van der Waals surface area contributed by atoms with Crippen LogP contribution < -0.4 is 5.32 Å². The van der Waals surface area contributed by atoms with Gasteiger partial charge in [0.05, 0.1) is 0 Å². The number of anilines is 1. The molecule has 0 saturated heterocycles. The predicted molar refractivity (Wildman–Crippen MR) is 93.1 cm³/mol. The fraction of sp³-hybridized carbons (Fsp3) is 0.111. The molecule has 2 N–H and O–H groups in total. The number of nitrogens with one attached hydrogen (secondary N) is 2. The second-order valence-corrected chi connectivity index (χ2v) is 5.78. The molecule has 0 spiro atoms. The summed E-state index contributed by atoms with van der Waals surface area (Å²) in [4.78, 5) is 19.9. The van der Waals surface area contributed by atoms with Crippen LogP contribution in [0.2, 0.25) is 0 Å². The third-order valence-electron chi connectivity index (χ3n) is 3.99. The van der Waals surface area contributed by atoms with Crippen LogP contribution in [0.4, 0.5) is 5.95 Å². The average Bonchev–Trinajstić information content (AvgIpc) is 2.92. The van der Waals surface area contributed by atoms with Crippen LogP contribution in [0.25, 0.3) is 22.1 Å². The molecule has 0 aliphatic heterocycles. The van der Waals surface area contributed by atoms with E-state index in [-0.39, 0.29) is 11.9 Å². The van der Waals surface area contributed by atoms with Gasteiger partial charge >= 0.3 is 0 Å². The van der Waals surface area contributed by atoms with Gasteiger partial charge < -0.3 is 4.98 Å². The largest absolute Gasteiger partial charge is 0.338 e. The second-order valence-electron chi connectivity index (χ2n) is 5.78. The Kier molecular flexibility index (Phi) is 3.23. The summed E-state index contributed by atoms with van der Waals surface area (Å²) in [7, 11) is 0. The van der Waals surface area contributed by atoms with Crippen molar-refractivity contribution >= 4 is 33.9 Å². The minimum Gasteiger partial charge on any atom is -0.338 e. The monoisotopic (exact) mass is 317 g/mol. The summed E-state index contributed by atoms with van der Waals surface area (Å²) in [5, 5.41) is 11.9. The molecule has 4 aromatic rings. The molecule has 2 heterocycles. The fourth-order valence-electron chi connectivity index (χ4n) is 2.73. The third-order valence-corrected chi connectivity index (χ3v) is 3.99. The third kappa shape index (κ3) is 2.38. The highest BCUT2D eigenvalue weighted by Gasteiger charge is 2.13. The maximum atomic E-state index is 12.4.